The molecule has 3 unspecified atom stereocenters. The topological polar surface area (TPSA) is 77.0 Å². The lowest BCUT2D eigenvalue weighted by Gasteiger charge is -2.50. The van der Waals surface area contributed by atoms with Gasteiger partial charge in [-0.15, -0.1) is 0 Å². The number of carbonyl (C=O) groups excluding carboxylic acids is 2. The molecule has 2 amide bonds. The zero-order valence-electron chi connectivity index (χ0n) is 13.7. The van der Waals surface area contributed by atoms with Gasteiger partial charge in [0.25, 0.3) is 5.91 Å². The number of hydrogen-bond donors (Lipinski definition) is 2. The molecule has 1 aromatic carbocycles. The van der Waals surface area contributed by atoms with Crippen LogP contribution in [0, 0.1) is 5.82 Å². The van der Waals surface area contributed by atoms with E-state index >= 15 is 0 Å². The van der Waals surface area contributed by atoms with E-state index in [0.29, 0.717) is 5.69 Å². The van der Waals surface area contributed by atoms with E-state index in [2.05, 4.69) is 15.8 Å². The molecule has 25 heavy (non-hydrogen) atoms. The number of nitrogens with one attached hydrogen (secondary N) is 2. The molecule has 2 aliphatic heterocycles. The summed E-state index contributed by atoms with van der Waals surface area (Å²) in [6.07, 6.45) is 5.16. The first kappa shape index (κ1) is 15.9. The first-order valence-electron chi connectivity index (χ1n) is 8.55. The number of anilines is 1. The van der Waals surface area contributed by atoms with E-state index in [-0.39, 0.29) is 30.4 Å². The average molecular weight is 345 g/mol. The van der Waals surface area contributed by atoms with Crippen molar-refractivity contribution in [3.05, 3.63) is 30.1 Å². The molecule has 4 rings (SSSR count). The first-order valence-corrected chi connectivity index (χ1v) is 8.55. The van der Waals surface area contributed by atoms with Crippen molar-refractivity contribution in [3.63, 3.8) is 0 Å². The molecule has 8 heteroatoms. The standard InChI is InChI=1S/C17H20FN5O2/c18-11-4-3-5-12(8-11)20-15(24)9-22-13-6-1-2-7-14(13)23-10-19-21-16(23)17(22)25/h3-5,8,10,13-14,16,21H,1-2,6-7,9H2,(H,20,24). The Kier molecular flexibility index (Phi) is 4.03. The van der Waals surface area contributed by atoms with E-state index in [1.54, 1.807) is 17.3 Å². The van der Waals surface area contributed by atoms with Gasteiger partial charge in [-0.3, -0.25) is 15.0 Å². The highest BCUT2D eigenvalue weighted by molar-refractivity contribution is 5.96. The van der Waals surface area contributed by atoms with Crippen LogP contribution in [0.3, 0.4) is 0 Å². The van der Waals surface area contributed by atoms with Crippen LogP contribution in [0.1, 0.15) is 25.7 Å². The molecular weight excluding hydrogens is 325 g/mol. The average Bonchev–Trinajstić information content (AvgIpc) is 3.09. The number of nitrogens with zero attached hydrogens (tertiary/aromatic N) is 3. The Morgan fingerprint density at radius 2 is 2.12 bits per heavy atom. The fourth-order valence-electron chi connectivity index (χ4n) is 4.00. The summed E-state index contributed by atoms with van der Waals surface area (Å²) in [6, 6.07) is 5.91. The monoisotopic (exact) mass is 345 g/mol. The Hall–Kier alpha value is -2.64. The largest absolute Gasteiger partial charge is 0.327 e. The highest BCUT2D eigenvalue weighted by Crippen LogP contribution is 2.33. The van der Waals surface area contributed by atoms with Gasteiger partial charge in [0, 0.05) is 5.69 Å². The van der Waals surface area contributed by atoms with Gasteiger partial charge in [-0.2, -0.15) is 5.10 Å². The molecule has 1 aliphatic carbocycles. The normalized spacial score (nSPS) is 27.6. The predicted molar refractivity (Wildman–Crippen MR) is 90.0 cm³/mol. The Bertz CT molecular complexity index is 725. The van der Waals surface area contributed by atoms with Crippen molar-refractivity contribution in [1.29, 1.82) is 0 Å². The molecule has 0 spiro atoms. The van der Waals surface area contributed by atoms with Crippen molar-refractivity contribution >= 4 is 23.8 Å². The number of amides is 2. The summed E-state index contributed by atoms with van der Waals surface area (Å²) in [4.78, 5) is 28.9. The molecule has 3 aliphatic rings. The van der Waals surface area contributed by atoms with E-state index in [4.69, 9.17) is 0 Å². The first-order chi connectivity index (χ1) is 12.1. The Morgan fingerprint density at radius 1 is 1.32 bits per heavy atom. The maximum atomic E-state index is 13.3. The van der Waals surface area contributed by atoms with E-state index in [9.17, 15) is 14.0 Å². The van der Waals surface area contributed by atoms with Crippen LogP contribution in [0.2, 0.25) is 0 Å². The lowest BCUT2D eigenvalue weighted by atomic mass is 9.85. The second kappa shape index (κ2) is 6.34. The van der Waals surface area contributed by atoms with Gasteiger partial charge in [-0.1, -0.05) is 18.9 Å². The van der Waals surface area contributed by atoms with Gasteiger partial charge in [-0.25, -0.2) is 4.39 Å². The number of benzene rings is 1. The summed E-state index contributed by atoms with van der Waals surface area (Å²) in [5.41, 5.74) is 3.21. The Labute approximate surface area is 144 Å². The molecule has 2 fully saturated rings. The van der Waals surface area contributed by atoms with Crippen molar-refractivity contribution in [2.75, 3.05) is 11.9 Å². The summed E-state index contributed by atoms with van der Waals surface area (Å²) < 4.78 is 13.3. The van der Waals surface area contributed by atoms with Gasteiger partial charge in [0.05, 0.1) is 12.1 Å². The zero-order chi connectivity index (χ0) is 17.4. The number of hydrogen-bond acceptors (Lipinski definition) is 5. The van der Waals surface area contributed by atoms with Crippen molar-refractivity contribution in [3.8, 4) is 0 Å². The minimum Gasteiger partial charge on any atom is -0.327 e. The van der Waals surface area contributed by atoms with Gasteiger partial charge < -0.3 is 15.1 Å². The molecule has 2 N–H and O–H groups in total. The third-order valence-electron chi connectivity index (χ3n) is 5.10. The number of carbonyl (C=O) groups is 2. The van der Waals surface area contributed by atoms with Crippen LogP contribution in [-0.4, -0.2) is 52.7 Å². The van der Waals surface area contributed by atoms with Crippen molar-refractivity contribution in [1.82, 2.24) is 15.2 Å². The molecule has 7 nitrogen and oxygen atoms in total. The molecule has 1 saturated carbocycles. The molecular formula is C17H20FN5O2. The van der Waals surface area contributed by atoms with Crippen molar-refractivity contribution in [2.45, 2.75) is 43.9 Å². The molecule has 0 bridgehead atoms. The van der Waals surface area contributed by atoms with E-state index < -0.39 is 12.0 Å². The molecule has 1 aromatic rings. The summed E-state index contributed by atoms with van der Waals surface area (Å²) in [6.45, 7) is -0.0392. The van der Waals surface area contributed by atoms with Crippen LogP contribution in [0.5, 0.6) is 0 Å². The predicted octanol–water partition coefficient (Wildman–Crippen LogP) is 1.09. The number of rotatable bonds is 3. The summed E-state index contributed by atoms with van der Waals surface area (Å²) in [5, 5.41) is 6.69. The maximum absolute atomic E-state index is 13.3. The zero-order valence-corrected chi connectivity index (χ0v) is 13.7. The lowest BCUT2D eigenvalue weighted by molar-refractivity contribution is -0.151. The molecule has 1 saturated heterocycles. The maximum Gasteiger partial charge on any atom is 0.268 e. The minimum atomic E-state index is -0.527. The van der Waals surface area contributed by atoms with Gasteiger partial charge in [0.2, 0.25) is 5.91 Å². The number of piperazine rings is 1. The van der Waals surface area contributed by atoms with Gasteiger partial charge in [0.1, 0.15) is 18.7 Å². The SMILES string of the molecule is O=C(CN1C(=O)C2NN=CN2C2CCCCC21)Nc1cccc(F)c1. The highest BCUT2D eigenvalue weighted by atomic mass is 19.1. The van der Waals surface area contributed by atoms with Crippen molar-refractivity contribution in [2.24, 2.45) is 5.10 Å². The molecule has 0 radical (unpaired) electrons. The third-order valence-corrected chi connectivity index (χ3v) is 5.10. The third kappa shape index (κ3) is 2.92. The highest BCUT2D eigenvalue weighted by Gasteiger charge is 2.48. The number of fused-ring (bicyclic) bond motifs is 3. The van der Waals surface area contributed by atoms with Crippen LogP contribution in [0.25, 0.3) is 0 Å². The molecule has 0 aromatic heterocycles. The Balaban J connectivity index is 1.50. The smallest absolute Gasteiger partial charge is 0.268 e. The van der Waals surface area contributed by atoms with E-state index in [1.807, 2.05) is 4.90 Å². The molecule has 3 atom stereocenters. The van der Waals surface area contributed by atoms with E-state index in [0.717, 1.165) is 25.7 Å². The Morgan fingerprint density at radius 3 is 2.92 bits per heavy atom. The molecule has 2 heterocycles. The van der Waals surface area contributed by atoms with Crippen LogP contribution in [0.15, 0.2) is 29.4 Å². The molecule has 132 valence electrons. The van der Waals surface area contributed by atoms with Crippen LogP contribution < -0.4 is 10.7 Å². The van der Waals surface area contributed by atoms with Gasteiger partial charge >= 0.3 is 0 Å². The summed E-state index contributed by atoms with van der Waals surface area (Å²) in [7, 11) is 0. The summed E-state index contributed by atoms with van der Waals surface area (Å²) in [5.74, 6) is -0.882. The van der Waals surface area contributed by atoms with Crippen molar-refractivity contribution < 1.29 is 14.0 Å². The number of hydrazone groups is 1. The minimum absolute atomic E-state index is 0.00195. The van der Waals surface area contributed by atoms with E-state index in [1.165, 1.54) is 18.2 Å². The fourth-order valence-corrected chi connectivity index (χ4v) is 4.00. The number of halogens is 1. The van der Waals surface area contributed by atoms with Crippen LogP contribution in [0.4, 0.5) is 10.1 Å². The van der Waals surface area contributed by atoms with Gasteiger partial charge in [0.15, 0.2) is 6.17 Å². The quantitative estimate of drug-likeness (QED) is 0.860. The van der Waals surface area contributed by atoms with Gasteiger partial charge in [-0.05, 0) is 31.0 Å². The van der Waals surface area contributed by atoms with Crippen LogP contribution in [-0.2, 0) is 9.59 Å². The fraction of sp³-hybridized carbons (Fsp3) is 0.471. The summed E-state index contributed by atoms with van der Waals surface area (Å²) >= 11 is 0. The lowest BCUT2D eigenvalue weighted by Crippen LogP contribution is -2.68. The second-order valence-electron chi connectivity index (χ2n) is 6.67. The van der Waals surface area contributed by atoms with Crippen LogP contribution >= 0.6 is 0 Å². The second-order valence-corrected chi connectivity index (χ2v) is 6.67.